The summed E-state index contributed by atoms with van der Waals surface area (Å²) < 4.78 is 1.33. The lowest BCUT2D eigenvalue weighted by Crippen LogP contribution is -2.10. The van der Waals surface area contributed by atoms with Crippen molar-refractivity contribution in [1.82, 2.24) is 0 Å². The van der Waals surface area contributed by atoms with Crippen molar-refractivity contribution < 1.29 is 0 Å². The van der Waals surface area contributed by atoms with E-state index in [1.54, 1.807) is 0 Å². The fourth-order valence-electron chi connectivity index (χ4n) is 5.96. The Morgan fingerprint density at radius 1 is 0.429 bits per heavy atom. The van der Waals surface area contributed by atoms with Crippen LogP contribution in [0.3, 0.4) is 0 Å². The van der Waals surface area contributed by atoms with Gasteiger partial charge in [-0.1, -0.05) is 111 Å². The summed E-state index contributed by atoms with van der Waals surface area (Å²) in [5, 5.41) is 8.91. The molecular formula is C40H31NS. The molecule has 202 valence electrons. The molecule has 8 rings (SSSR count). The second kappa shape index (κ2) is 11.2. The molecule has 0 unspecified atom stereocenters. The fourth-order valence-corrected chi connectivity index (χ4v) is 7.06. The normalized spacial score (nSPS) is 11.1. The van der Waals surface area contributed by atoms with E-state index >= 15 is 0 Å². The number of benzene rings is 7. The Bertz CT molecular complexity index is 2090. The SMILES string of the molecule is CC.c1ccc(N(c2ccccc2)c2cccc3c2ccc2cc4cccc(-c5cc6ccccc6s5)c4cc23)cc1. The van der Waals surface area contributed by atoms with E-state index in [9.17, 15) is 0 Å². The second-order valence-corrected chi connectivity index (χ2v) is 11.3. The highest BCUT2D eigenvalue weighted by molar-refractivity contribution is 7.22. The summed E-state index contributed by atoms with van der Waals surface area (Å²) in [5.41, 5.74) is 4.76. The van der Waals surface area contributed by atoms with Crippen molar-refractivity contribution in [3.8, 4) is 10.4 Å². The first-order chi connectivity index (χ1) is 20.8. The number of rotatable bonds is 4. The van der Waals surface area contributed by atoms with Gasteiger partial charge in [-0.05, 0) is 92.5 Å². The van der Waals surface area contributed by atoms with E-state index in [1.807, 2.05) is 25.2 Å². The summed E-state index contributed by atoms with van der Waals surface area (Å²) in [6, 6.07) is 55.0. The van der Waals surface area contributed by atoms with Gasteiger partial charge in [-0.15, -0.1) is 11.3 Å². The lowest BCUT2D eigenvalue weighted by Gasteiger charge is -2.27. The van der Waals surface area contributed by atoms with Crippen LogP contribution in [-0.4, -0.2) is 0 Å². The molecule has 0 atom stereocenters. The molecule has 0 bridgehead atoms. The molecule has 0 radical (unpaired) electrons. The molecule has 0 saturated heterocycles. The Hall–Kier alpha value is -4.92. The molecule has 7 aromatic carbocycles. The lowest BCUT2D eigenvalue weighted by molar-refractivity contribution is 1.30. The maximum Gasteiger partial charge on any atom is 0.0540 e. The van der Waals surface area contributed by atoms with Crippen LogP contribution in [0.25, 0.3) is 52.8 Å². The molecule has 0 amide bonds. The monoisotopic (exact) mass is 557 g/mol. The van der Waals surface area contributed by atoms with Crippen LogP contribution in [0.2, 0.25) is 0 Å². The van der Waals surface area contributed by atoms with Crippen LogP contribution in [0.1, 0.15) is 13.8 Å². The van der Waals surface area contributed by atoms with E-state index in [-0.39, 0.29) is 0 Å². The van der Waals surface area contributed by atoms with Crippen LogP contribution in [0.5, 0.6) is 0 Å². The summed E-state index contributed by atoms with van der Waals surface area (Å²) >= 11 is 1.87. The topological polar surface area (TPSA) is 3.24 Å². The zero-order chi connectivity index (χ0) is 28.5. The lowest BCUT2D eigenvalue weighted by atomic mass is 9.94. The summed E-state index contributed by atoms with van der Waals surface area (Å²) in [7, 11) is 0. The zero-order valence-electron chi connectivity index (χ0n) is 23.8. The van der Waals surface area contributed by atoms with E-state index in [0.717, 1.165) is 11.4 Å². The van der Waals surface area contributed by atoms with Gasteiger partial charge in [0.05, 0.1) is 5.69 Å². The third kappa shape index (κ3) is 4.51. The van der Waals surface area contributed by atoms with Gasteiger partial charge >= 0.3 is 0 Å². The van der Waals surface area contributed by atoms with Crippen LogP contribution < -0.4 is 4.90 Å². The molecule has 0 spiro atoms. The zero-order valence-corrected chi connectivity index (χ0v) is 24.6. The van der Waals surface area contributed by atoms with Crippen LogP contribution in [0.4, 0.5) is 17.1 Å². The number of fused-ring (bicyclic) bond motifs is 5. The summed E-state index contributed by atoms with van der Waals surface area (Å²) in [4.78, 5) is 3.67. The molecule has 0 aliphatic carbocycles. The van der Waals surface area contributed by atoms with Gasteiger partial charge in [0.1, 0.15) is 0 Å². The van der Waals surface area contributed by atoms with Crippen LogP contribution in [0.15, 0.2) is 152 Å². The predicted octanol–water partition coefficient (Wildman–Crippen LogP) is 12.5. The molecule has 1 aromatic heterocycles. The van der Waals surface area contributed by atoms with Crippen LogP contribution >= 0.6 is 11.3 Å². The number of thiophene rings is 1. The molecule has 0 saturated carbocycles. The van der Waals surface area contributed by atoms with Gasteiger partial charge in [-0.25, -0.2) is 0 Å². The predicted molar refractivity (Wildman–Crippen MR) is 186 cm³/mol. The second-order valence-electron chi connectivity index (χ2n) is 10.2. The minimum Gasteiger partial charge on any atom is -0.310 e. The quantitative estimate of drug-likeness (QED) is 0.154. The largest absolute Gasteiger partial charge is 0.310 e. The van der Waals surface area contributed by atoms with Crippen molar-refractivity contribution in [2.45, 2.75) is 13.8 Å². The van der Waals surface area contributed by atoms with Crippen LogP contribution in [-0.2, 0) is 0 Å². The Labute approximate surface area is 250 Å². The number of nitrogens with zero attached hydrogens (tertiary/aromatic N) is 1. The molecular weight excluding hydrogens is 527 g/mol. The van der Waals surface area contributed by atoms with Crippen molar-refractivity contribution >= 4 is 70.8 Å². The molecule has 0 N–H and O–H groups in total. The maximum atomic E-state index is 2.41. The highest BCUT2D eigenvalue weighted by Gasteiger charge is 2.16. The molecule has 0 aliphatic heterocycles. The smallest absolute Gasteiger partial charge is 0.0540 e. The molecule has 0 fully saturated rings. The highest BCUT2D eigenvalue weighted by Crippen LogP contribution is 2.43. The Morgan fingerprint density at radius 3 is 1.81 bits per heavy atom. The molecule has 1 nitrogen and oxygen atoms in total. The van der Waals surface area contributed by atoms with E-state index in [1.165, 1.54) is 58.5 Å². The van der Waals surface area contributed by atoms with Gasteiger partial charge in [0.15, 0.2) is 0 Å². The first kappa shape index (κ1) is 26.0. The maximum absolute atomic E-state index is 2.41. The molecule has 0 aliphatic rings. The van der Waals surface area contributed by atoms with Gasteiger partial charge in [0.25, 0.3) is 0 Å². The van der Waals surface area contributed by atoms with Crippen LogP contribution in [0, 0.1) is 0 Å². The molecule has 1 heterocycles. The first-order valence-electron chi connectivity index (χ1n) is 14.6. The van der Waals surface area contributed by atoms with Crippen molar-refractivity contribution in [2.24, 2.45) is 0 Å². The number of hydrogen-bond acceptors (Lipinski definition) is 2. The highest BCUT2D eigenvalue weighted by atomic mass is 32.1. The van der Waals surface area contributed by atoms with Gasteiger partial charge in [-0.2, -0.15) is 0 Å². The van der Waals surface area contributed by atoms with Gasteiger partial charge < -0.3 is 4.90 Å². The summed E-state index contributed by atoms with van der Waals surface area (Å²) in [6.07, 6.45) is 0. The Balaban J connectivity index is 0.00000141. The average Bonchev–Trinajstić information content (AvgIpc) is 3.50. The van der Waals surface area contributed by atoms with Crippen molar-refractivity contribution in [3.63, 3.8) is 0 Å². The summed E-state index contributed by atoms with van der Waals surface area (Å²) in [6.45, 7) is 4.00. The van der Waals surface area contributed by atoms with E-state index < -0.39 is 0 Å². The van der Waals surface area contributed by atoms with Crippen molar-refractivity contribution in [3.05, 3.63) is 152 Å². The Morgan fingerprint density at radius 2 is 1.07 bits per heavy atom. The van der Waals surface area contributed by atoms with Gasteiger partial charge in [0.2, 0.25) is 0 Å². The number of para-hydroxylation sites is 2. The molecule has 8 aromatic rings. The standard InChI is InChI=1S/C38H25NS.C2H6/c1-3-13-29(14-4-1)39(30-15-5-2-6-16-30)36-19-10-17-31-32(36)22-21-27-23-26-12-9-18-33(35(26)25-34(27)31)38-24-28-11-7-8-20-37(28)40-38;1-2/h1-25H;1-2H3. The van der Waals surface area contributed by atoms with Crippen molar-refractivity contribution in [1.29, 1.82) is 0 Å². The molecule has 42 heavy (non-hydrogen) atoms. The van der Waals surface area contributed by atoms with E-state index in [0.29, 0.717) is 0 Å². The average molecular weight is 558 g/mol. The fraction of sp³-hybridized carbons (Fsp3) is 0.0500. The van der Waals surface area contributed by atoms with E-state index in [2.05, 4.69) is 157 Å². The minimum atomic E-state index is 1.15. The Kier molecular flexibility index (Phi) is 6.91. The summed E-state index contributed by atoms with van der Waals surface area (Å²) in [5.74, 6) is 0. The van der Waals surface area contributed by atoms with Gasteiger partial charge in [0, 0.05) is 26.3 Å². The number of hydrogen-bond donors (Lipinski definition) is 0. The third-order valence-electron chi connectivity index (χ3n) is 7.81. The third-order valence-corrected chi connectivity index (χ3v) is 8.96. The van der Waals surface area contributed by atoms with E-state index in [4.69, 9.17) is 0 Å². The van der Waals surface area contributed by atoms with Crippen molar-refractivity contribution in [2.75, 3.05) is 4.90 Å². The first-order valence-corrected chi connectivity index (χ1v) is 15.4. The molecule has 2 heteroatoms. The number of anilines is 3. The minimum absolute atomic E-state index is 1.15. The van der Waals surface area contributed by atoms with Gasteiger partial charge in [-0.3, -0.25) is 0 Å².